The molecule has 2 heterocycles. The van der Waals surface area contributed by atoms with E-state index in [0.717, 1.165) is 29.1 Å². The molecular formula is C11H16BrN3. The molecule has 1 aliphatic heterocycles. The van der Waals surface area contributed by atoms with Gasteiger partial charge in [-0.3, -0.25) is 4.98 Å². The molecule has 2 rings (SSSR count). The molecule has 1 aliphatic rings. The maximum atomic E-state index is 4.60. The quantitative estimate of drug-likeness (QED) is 0.773. The summed E-state index contributed by atoms with van der Waals surface area (Å²) in [6.45, 7) is 5.13. The number of anilines is 1. The van der Waals surface area contributed by atoms with E-state index in [0.29, 0.717) is 6.04 Å². The van der Waals surface area contributed by atoms with E-state index in [1.807, 2.05) is 20.0 Å². The normalized spacial score (nSPS) is 21.0. The molecule has 1 aromatic rings. The van der Waals surface area contributed by atoms with Gasteiger partial charge in [-0.1, -0.05) is 15.9 Å². The molecule has 1 fully saturated rings. The van der Waals surface area contributed by atoms with Crippen LogP contribution >= 0.6 is 15.9 Å². The molecule has 1 unspecified atom stereocenters. The van der Waals surface area contributed by atoms with E-state index in [4.69, 9.17) is 0 Å². The van der Waals surface area contributed by atoms with Gasteiger partial charge in [0, 0.05) is 24.1 Å². The van der Waals surface area contributed by atoms with Crippen LogP contribution < -0.4 is 4.90 Å². The van der Waals surface area contributed by atoms with E-state index in [2.05, 4.69) is 30.8 Å². The number of alkyl halides is 1. The Morgan fingerprint density at radius 2 is 2.33 bits per heavy atom. The van der Waals surface area contributed by atoms with Crippen LogP contribution in [0.15, 0.2) is 6.20 Å². The first kappa shape index (κ1) is 10.9. The molecule has 0 bridgehead atoms. The van der Waals surface area contributed by atoms with Crippen LogP contribution in [0.3, 0.4) is 0 Å². The molecule has 3 nitrogen and oxygen atoms in total. The van der Waals surface area contributed by atoms with E-state index < -0.39 is 0 Å². The summed E-state index contributed by atoms with van der Waals surface area (Å²) < 4.78 is 0. The molecule has 0 aromatic carbocycles. The fourth-order valence-corrected chi connectivity index (χ4v) is 2.75. The van der Waals surface area contributed by atoms with E-state index >= 15 is 0 Å². The highest BCUT2D eigenvalue weighted by Crippen LogP contribution is 2.26. The number of nitrogens with zero attached hydrogens (tertiary/aromatic N) is 3. The number of rotatable bonds is 2. The maximum Gasteiger partial charge on any atom is 0.150 e. The number of aromatic nitrogens is 2. The van der Waals surface area contributed by atoms with Crippen molar-refractivity contribution >= 4 is 21.7 Å². The lowest BCUT2D eigenvalue weighted by atomic mass is 10.2. The van der Waals surface area contributed by atoms with Crippen molar-refractivity contribution in [2.24, 2.45) is 0 Å². The monoisotopic (exact) mass is 269 g/mol. The lowest BCUT2D eigenvalue weighted by molar-refractivity contribution is 0.734. The van der Waals surface area contributed by atoms with E-state index in [1.54, 1.807) is 0 Å². The van der Waals surface area contributed by atoms with Crippen LogP contribution in [-0.2, 0) is 0 Å². The van der Waals surface area contributed by atoms with Crippen LogP contribution in [0.25, 0.3) is 0 Å². The van der Waals surface area contributed by atoms with Crippen LogP contribution in [0.2, 0.25) is 0 Å². The lowest BCUT2D eigenvalue weighted by Gasteiger charge is -2.25. The van der Waals surface area contributed by atoms with E-state index in [9.17, 15) is 0 Å². The number of aryl methyl sites for hydroxylation is 2. The Hall–Kier alpha value is -0.640. The van der Waals surface area contributed by atoms with Gasteiger partial charge in [-0.2, -0.15) is 0 Å². The fourth-order valence-electron chi connectivity index (χ4n) is 2.07. The Kier molecular flexibility index (Phi) is 3.24. The summed E-state index contributed by atoms with van der Waals surface area (Å²) in [6, 6.07) is 0.583. The molecule has 1 atom stereocenters. The van der Waals surface area contributed by atoms with Crippen molar-refractivity contribution in [1.29, 1.82) is 0 Å². The largest absolute Gasteiger partial charge is 0.351 e. The molecule has 4 heteroatoms. The topological polar surface area (TPSA) is 29.0 Å². The molecule has 0 amide bonds. The second-order valence-corrected chi connectivity index (χ2v) is 4.71. The summed E-state index contributed by atoms with van der Waals surface area (Å²) in [5, 5.41) is 1.02. The molecule has 0 aliphatic carbocycles. The zero-order valence-electron chi connectivity index (χ0n) is 9.20. The Morgan fingerprint density at radius 1 is 1.53 bits per heavy atom. The zero-order chi connectivity index (χ0) is 10.8. The minimum atomic E-state index is 0.583. The van der Waals surface area contributed by atoms with E-state index in [-0.39, 0.29) is 0 Å². The van der Waals surface area contributed by atoms with Crippen molar-refractivity contribution in [2.75, 3.05) is 16.8 Å². The summed E-state index contributed by atoms with van der Waals surface area (Å²) in [4.78, 5) is 11.3. The molecule has 0 spiro atoms. The van der Waals surface area contributed by atoms with Gasteiger partial charge in [0.2, 0.25) is 0 Å². The molecular weight excluding hydrogens is 254 g/mol. The highest BCUT2D eigenvalue weighted by atomic mass is 79.9. The van der Waals surface area contributed by atoms with E-state index in [1.165, 1.54) is 12.8 Å². The third-order valence-electron chi connectivity index (χ3n) is 2.88. The van der Waals surface area contributed by atoms with Gasteiger partial charge in [0.15, 0.2) is 5.82 Å². The van der Waals surface area contributed by atoms with Crippen LogP contribution in [0.1, 0.15) is 24.2 Å². The first-order chi connectivity index (χ1) is 7.22. The summed E-state index contributed by atoms with van der Waals surface area (Å²) in [5.41, 5.74) is 2.03. The zero-order valence-corrected chi connectivity index (χ0v) is 10.8. The van der Waals surface area contributed by atoms with Crippen LogP contribution in [0.4, 0.5) is 5.82 Å². The standard InChI is InChI=1S/C11H16BrN3/c1-8-7-13-9(2)11(14-8)15-5-3-4-10(15)6-12/h7,10H,3-6H2,1-2H3. The highest BCUT2D eigenvalue weighted by Gasteiger charge is 2.26. The van der Waals surface area contributed by atoms with Gasteiger partial charge in [0.05, 0.1) is 11.4 Å². The lowest BCUT2D eigenvalue weighted by Crippen LogP contribution is -2.32. The second-order valence-electron chi connectivity index (χ2n) is 4.06. The summed E-state index contributed by atoms with van der Waals surface area (Å²) >= 11 is 3.57. The molecule has 15 heavy (non-hydrogen) atoms. The SMILES string of the molecule is Cc1cnc(C)c(N2CCCC2CBr)n1. The van der Waals surface area contributed by atoms with Crippen LogP contribution in [-0.4, -0.2) is 27.9 Å². The maximum absolute atomic E-state index is 4.60. The van der Waals surface area contributed by atoms with Crippen LogP contribution in [0, 0.1) is 13.8 Å². The first-order valence-electron chi connectivity index (χ1n) is 5.35. The minimum Gasteiger partial charge on any atom is -0.351 e. The van der Waals surface area contributed by atoms with Gasteiger partial charge in [-0.25, -0.2) is 4.98 Å². The summed E-state index contributed by atoms with van der Waals surface area (Å²) in [5.74, 6) is 1.07. The third-order valence-corrected chi connectivity index (χ3v) is 3.63. The van der Waals surface area contributed by atoms with Crippen molar-refractivity contribution < 1.29 is 0 Å². The van der Waals surface area contributed by atoms with Gasteiger partial charge in [0.1, 0.15) is 0 Å². The van der Waals surface area contributed by atoms with Gasteiger partial charge in [0.25, 0.3) is 0 Å². The Morgan fingerprint density at radius 3 is 3.07 bits per heavy atom. The van der Waals surface area contributed by atoms with Gasteiger partial charge in [-0.05, 0) is 26.7 Å². The smallest absolute Gasteiger partial charge is 0.150 e. The van der Waals surface area contributed by atoms with Crippen molar-refractivity contribution in [3.05, 3.63) is 17.6 Å². The van der Waals surface area contributed by atoms with Gasteiger partial charge in [-0.15, -0.1) is 0 Å². The fraction of sp³-hybridized carbons (Fsp3) is 0.636. The summed E-state index contributed by atoms with van der Waals surface area (Å²) in [6.07, 6.45) is 4.34. The second kappa shape index (κ2) is 4.47. The molecule has 0 saturated carbocycles. The molecule has 0 radical (unpaired) electrons. The highest BCUT2D eigenvalue weighted by molar-refractivity contribution is 9.09. The number of halogens is 1. The predicted octanol–water partition coefficient (Wildman–Crippen LogP) is 2.46. The van der Waals surface area contributed by atoms with Crippen molar-refractivity contribution in [2.45, 2.75) is 32.7 Å². The van der Waals surface area contributed by atoms with Gasteiger partial charge >= 0.3 is 0 Å². The first-order valence-corrected chi connectivity index (χ1v) is 6.47. The Bertz CT molecular complexity index is 354. The third kappa shape index (κ3) is 2.14. The number of hydrogen-bond donors (Lipinski definition) is 0. The molecule has 0 N–H and O–H groups in total. The van der Waals surface area contributed by atoms with Crippen molar-refractivity contribution in [1.82, 2.24) is 9.97 Å². The average Bonchev–Trinajstić information content (AvgIpc) is 2.69. The number of hydrogen-bond acceptors (Lipinski definition) is 3. The Labute approximate surface area is 99.0 Å². The predicted molar refractivity (Wildman–Crippen MR) is 65.7 cm³/mol. The van der Waals surface area contributed by atoms with Crippen LogP contribution in [0.5, 0.6) is 0 Å². The van der Waals surface area contributed by atoms with Gasteiger partial charge < -0.3 is 4.90 Å². The molecule has 82 valence electrons. The average molecular weight is 270 g/mol. The Balaban J connectivity index is 2.31. The van der Waals surface area contributed by atoms with Crippen molar-refractivity contribution in [3.63, 3.8) is 0 Å². The minimum absolute atomic E-state index is 0.583. The molecule has 1 aromatic heterocycles. The summed E-state index contributed by atoms with van der Waals surface area (Å²) in [7, 11) is 0. The molecule has 1 saturated heterocycles. The van der Waals surface area contributed by atoms with Crippen molar-refractivity contribution in [3.8, 4) is 0 Å².